The molecule has 4 aromatic rings. The van der Waals surface area contributed by atoms with Gasteiger partial charge in [-0.3, -0.25) is 0 Å². The molecular formula is C15H11N7O2S. The van der Waals surface area contributed by atoms with Gasteiger partial charge in [0.15, 0.2) is 0 Å². The number of hydrogen-bond donors (Lipinski definition) is 0. The summed E-state index contributed by atoms with van der Waals surface area (Å²) < 4.78 is 2.98. The fourth-order valence-corrected chi connectivity index (χ4v) is 3.35. The molecular weight excluding hydrogens is 342 g/mol. The number of nitrogens with zero attached hydrogens (tertiary/aromatic N) is 7. The maximum Gasteiger partial charge on any atom is 0.362 e. The standard InChI is InChI=1S/C15H11N7O2S/c1-10-6-2-3-7-11(10)21-15(17-18-19-21)25-13-14(22(23)24)20-9-5-4-8-12(20)16-13/h2-9H,1H3. The van der Waals surface area contributed by atoms with E-state index in [2.05, 4.69) is 20.5 Å². The number of rotatable bonds is 4. The number of hydrogen-bond acceptors (Lipinski definition) is 7. The van der Waals surface area contributed by atoms with Gasteiger partial charge in [-0.1, -0.05) is 24.3 Å². The molecule has 0 atom stereocenters. The fraction of sp³-hybridized carbons (Fsp3) is 0.0667. The second-order valence-corrected chi connectivity index (χ2v) is 6.14. The number of aryl methyl sites for hydroxylation is 1. The third kappa shape index (κ3) is 2.62. The number of para-hydroxylation sites is 1. The van der Waals surface area contributed by atoms with Crippen molar-refractivity contribution in [1.29, 1.82) is 0 Å². The number of tetrazole rings is 1. The summed E-state index contributed by atoms with van der Waals surface area (Å²) in [7, 11) is 0. The minimum atomic E-state index is -0.454. The zero-order chi connectivity index (χ0) is 17.4. The van der Waals surface area contributed by atoms with Crippen molar-refractivity contribution >= 4 is 23.2 Å². The van der Waals surface area contributed by atoms with Gasteiger partial charge in [0.25, 0.3) is 0 Å². The van der Waals surface area contributed by atoms with Gasteiger partial charge in [-0.15, -0.1) is 5.10 Å². The largest absolute Gasteiger partial charge is 0.362 e. The third-order valence-electron chi connectivity index (χ3n) is 3.62. The van der Waals surface area contributed by atoms with Gasteiger partial charge in [-0.25, -0.2) is 0 Å². The highest BCUT2D eigenvalue weighted by Gasteiger charge is 2.25. The lowest BCUT2D eigenvalue weighted by atomic mass is 10.2. The van der Waals surface area contributed by atoms with E-state index in [0.717, 1.165) is 23.0 Å². The van der Waals surface area contributed by atoms with Crippen molar-refractivity contribution in [3.63, 3.8) is 0 Å². The lowest BCUT2D eigenvalue weighted by Gasteiger charge is -2.06. The van der Waals surface area contributed by atoms with Crippen molar-refractivity contribution in [3.05, 3.63) is 64.3 Å². The number of fused-ring (bicyclic) bond motifs is 1. The smallest absolute Gasteiger partial charge is 0.358 e. The van der Waals surface area contributed by atoms with Crippen LogP contribution in [-0.4, -0.2) is 34.5 Å². The first-order chi connectivity index (χ1) is 12.1. The highest BCUT2D eigenvalue weighted by molar-refractivity contribution is 7.99. The molecule has 0 N–H and O–H groups in total. The van der Waals surface area contributed by atoms with Crippen molar-refractivity contribution in [3.8, 4) is 5.69 Å². The summed E-state index contributed by atoms with van der Waals surface area (Å²) in [6.07, 6.45) is 1.61. The van der Waals surface area contributed by atoms with Gasteiger partial charge >= 0.3 is 5.82 Å². The number of aromatic nitrogens is 6. The average molecular weight is 353 g/mol. The normalized spacial score (nSPS) is 11.1. The van der Waals surface area contributed by atoms with Gasteiger partial charge in [-0.2, -0.15) is 14.1 Å². The second kappa shape index (κ2) is 5.98. The van der Waals surface area contributed by atoms with E-state index in [9.17, 15) is 10.1 Å². The zero-order valence-electron chi connectivity index (χ0n) is 13.0. The second-order valence-electron chi connectivity index (χ2n) is 5.19. The minimum Gasteiger partial charge on any atom is -0.358 e. The lowest BCUT2D eigenvalue weighted by Crippen LogP contribution is -2.01. The van der Waals surface area contributed by atoms with Crippen LogP contribution in [0.25, 0.3) is 11.3 Å². The molecule has 3 aromatic heterocycles. The highest BCUT2D eigenvalue weighted by Crippen LogP contribution is 2.34. The first-order valence-electron chi connectivity index (χ1n) is 7.29. The van der Waals surface area contributed by atoms with Gasteiger partial charge in [0.2, 0.25) is 15.8 Å². The van der Waals surface area contributed by atoms with Gasteiger partial charge in [0, 0.05) is 6.07 Å². The van der Waals surface area contributed by atoms with Crippen LogP contribution in [0, 0.1) is 17.0 Å². The topological polar surface area (TPSA) is 104 Å². The Morgan fingerprint density at radius 3 is 2.76 bits per heavy atom. The first kappa shape index (κ1) is 15.3. The Morgan fingerprint density at radius 1 is 1.16 bits per heavy atom. The van der Waals surface area contributed by atoms with E-state index in [4.69, 9.17) is 0 Å². The molecule has 25 heavy (non-hydrogen) atoms. The quantitative estimate of drug-likeness (QED) is 0.410. The predicted octanol–water partition coefficient (Wildman–Crippen LogP) is 2.68. The Kier molecular flexibility index (Phi) is 3.65. The molecule has 0 amide bonds. The van der Waals surface area contributed by atoms with Crippen molar-refractivity contribution in [2.24, 2.45) is 0 Å². The SMILES string of the molecule is Cc1ccccc1-n1nnnc1Sc1nc2ccccn2c1[N+](=O)[O-]. The van der Waals surface area contributed by atoms with Crippen LogP contribution in [-0.2, 0) is 0 Å². The van der Waals surface area contributed by atoms with E-state index in [1.54, 1.807) is 29.1 Å². The van der Waals surface area contributed by atoms with E-state index in [1.165, 1.54) is 4.40 Å². The van der Waals surface area contributed by atoms with E-state index >= 15 is 0 Å². The molecule has 0 spiro atoms. The van der Waals surface area contributed by atoms with Gasteiger partial charge in [-0.05, 0) is 51.7 Å². The van der Waals surface area contributed by atoms with E-state index < -0.39 is 4.92 Å². The molecule has 0 aliphatic rings. The molecule has 0 saturated carbocycles. The van der Waals surface area contributed by atoms with Crippen LogP contribution >= 0.6 is 11.8 Å². The average Bonchev–Trinajstić information content (AvgIpc) is 3.19. The van der Waals surface area contributed by atoms with Crippen LogP contribution in [0.2, 0.25) is 0 Å². The number of pyridine rings is 1. The molecule has 124 valence electrons. The molecule has 10 heteroatoms. The summed E-state index contributed by atoms with van der Waals surface area (Å²) >= 11 is 1.06. The zero-order valence-corrected chi connectivity index (χ0v) is 13.8. The number of benzene rings is 1. The highest BCUT2D eigenvalue weighted by atomic mass is 32.2. The van der Waals surface area contributed by atoms with Crippen LogP contribution in [0.1, 0.15) is 5.56 Å². The van der Waals surface area contributed by atoms with Crippen LogP contribution < -0.4 is 0 Å². The molecule has 3 heterocycles. The molecule has 4 rings (SSSR count). The summed E-state index contributed by atoms with van der Waals surface area (Å²) in [6.45, 7) is 1.94. The maximum atomic E-state index is 11.5. The summed E-state index contributed by atoms with van der Waals surface area (Å²) in [5.74, 6) is -0.111. The van der Waals surface area contributed by atoms with Crippen LogP contribution in [0.5, 0.6) is 0 Å². The minimum absolute atomic E-state index is 0.111. The van der Waals surface area contributed by atoms with Gasteiger partial charge in [0.1, 0.15) is 0 Å². The van der Waals surface area contributed by atoms with Crippen molar-refractivity contribution in [2.75, 3.05) is 0 Å². The van der Waals surface area contributed by atoms with Gasteiger partial charge in [0.05, 0.1) is 11.9 Å². The van der Waals surface area contributed by atoms with E-state index in [0.29, 0.717) is 10.8 Å². The molecule has 0 unspecified atom stereocenters. The molecule has 0 radical (unpaired) electrons. The Hall–Kier alpha value is -3.27. The summed E-state index contributed by atoms with van der Waals surface area (Å²) in [5, 5.41) is 23.8. The molecule has 0 fully saturated rings. The van der Waals surface area contributed by atoms with Crippen LogP contribution in [0.4, 0.5) is 5.82 Å². The van der Waals surface area contributed by atoms with Crippen LogP contribution in [0.3, 0.4) is 0 Å². The Morgan fingerprint density at radius 2 is 1.96 bits per heavy atom. The molecule has 1 aromatic carbocycles. The van der Waals surface area contributed by atoms with E-state index in [1.807, 2.05) is 31.2 Å². The Bertz CT molecular complexity index is 1090. The number of nitro groups is 1. The monoisotopic (exact) mass is 353 g/mol. The predicted molar refractivity (Wildman–Crippen MR) is 89.9 cm³/mol. The number of imidazole rings is 1. The van der Waals surface area contributed by atoms with Crippen LogP contribution in [0.15, 0.2) is 58.8 Å². The summed E-state index contributed by atoms with van der Waals surface area (Å²) in [5.41, 5.74) is 2.29. The molecule has 0 aliphatic heterocycles. The summed E-state index contributed by atoms with van der Waals surface area (Å²) in [6, 6.07) is 12.8. The van der Waals surface area contributed by atoms with Crippen molar-refractivity contribution in [1.82, 2.24) is 29.6 Å². The van der Waals surface area contributed by atoms with E-state index in [-0.39, 0.29) is 10.8 Å². The molecule has 0 aliphatic carbocycles. The fourth-order valence-electron chi connectivity index (χ4n) is 2.48. The molecule has 0 saturated heterocycles. The maximum absolute atomic E-state index is 11.5. The van der Waals surface area contributed by atoms with Crippen molar-refractivity contribution in [2.45, 2.75) is 17.1 Å². The lowest BCUT2D eigenvalue weighted by molar-refractivity contribution is -0.393. The van der Waals surface area contributed by atoms with Gasteiger partial charge < -0.3 is 10.1 Å². The first-order valence-corrected chi connectivity index (χ1v) is 8.10. The molecule has 9 nitrogen and oxygen atoms in total. The van der Waals surface area contributed by atoms with Crippen molar-refractivity contribution < 1.29 is 4.92 Å². The Balaban J connectivity index is 1.82. The summed E-state index contributed by atoms with van der Waals surface area (Å²) in [4.78, 5) is 15.4. The Labute approximate surface area is 145 Å². The molecule has 0 bridgehead atoms. The third-order valence-corrected chi connectivity index (χ3v) is 4.52.